The first kappa shape index (κ1) is 18.4. The van der Waals surface area contributed by atoms with Gasteiger partial charge in [0.05, 0.1) is 17.0 Å². The molecule has 6 nitrogen and oxygen atoms in total. The van der Waals surface area contributed by atoms with E-state index < -0.39 is 0 Å². The van der Waals surface area contributed by atoms with Crippen LogP contribution in [0, 0.1) is 22.7 Å². The average molecular weight is 398 g/mol. The normalized spacial score (nSPS) is 10.4. The van der Waals surface area contributed by atoms with Gasteiger partial charge in [0.2, 0.25) is 0 Å². The highest BCUT2D eigenvalue weighted by Crippen LogP contribution is 2.31. The molecule has 0 N–H and O–H groups in total. The summed E-state index contributed by atoms with van der Waals surface area (Å²) in [5.41, 5.74) is 1.85. The Morgan fingerprint density at radius 3 is 2.59 bits per heavy atom. The SMILES string of the molecule is N#CCn1c(COc2ccccc2C#N)nc2scc(-c3ccccc3)c2c1=O. The maximum absolute atomic E-state index is 13.2. The topological polar surface area (TPSA) is 91.7 Å². The second kappa shape index (κ2) is 7.97. The van der Waals surface area contributed by atoms with Crippen molar-refractivity contribution in [1.29, 1.82) is 10.5 Å². The number of hydrogen-bond donors (Lipinski definition) is 0. The molecule has 0 aliphatic rings. The number of nitrogens with zero attached hydrogens (tertiary/aromatic N) is 4. The van der Waals surface area contributed by atoms with Gasteiger partial charge < -0.3 is 4.74 Å². The van der Waals surface area contributed by atoms with Gasteiger partial charge in [-0.3, -0.25) is 9.36 Å². The molecule has 0 spiro atoms. The number of fused-ring (bicyclic) bond motifs is 1. The summed E-state index contributed by atoms with van der Waals surface area (Å²) < 4.78 is 7.08. The molecule has 140 valence electrons. The summed E-state index contributed by atoms with van der Waals surface area (Å²) in [5.74, 6) is 0.752. The zero-order valence-electron chi connectivity index (χ0n) is 15.2. The molecule has 0 bridgehead atoms. The Morgan fingerprint density at radius 2 is 1.83 bits per heavy atom. The molecule has 7 heteroatoms. The van der Waals surface area contributed by atoms with Gasteiger partial charge in [-0.25, -0.2) is 4.98 Å². The zero-order chi connectivity index (χ0) is 20.2. The summed E-state index contributed by atoms with van der Waals surface area (Å²) in [5, 5.41) is 20.8. The van der Waals surface area contributed by atoms with Gasteiger partial charge in [-0.15, -0.1) is 11.3 Å². The van der Waals surface area contributed by atoms with Gasteiger partial charge in [0.25, 0.3) is 5.56 Å². The van der Waals surface area contributed by atoms with Crippen molar-refractivity contribution in [2.24, 2.45) is 0 Å². The van der Waals surface area contributed by atoms with Crippen LogP contribution >= 0.6 is 11.3 Å². The number of para-hydroxylation sites is 1. The summed E-state index contributed by atoms with van der Waals surface area (Å²) >= 11 is 1.38. The lowest BCUT2D eigenvalue weighted by molar-refractivity contribution is 0.288. The predicted octanol–water partition coefficient (Wildman–Crippen LogP) is 4.10. The molecule has 0 aliphatic heterocycles. The average Bonchev–Trinajstić information content (AvgIpc) is 3.19. The van der Waals surface area contributed by atoms with Crippen LogP contribution in [0.1, 0.15) is 11.4 Å². The number of rotatable bonds is 5. The van der Waals surface area contributed by atoms with Crippen molar-refractivity contribution in [1.82, 2.24) is 9.55 Å². The van der Waals surface area contributed by atoms with Gasteiger partial charge in [-0.05, 0) is 17.7 Å². The Hall–Kier alpha value is -3.94. The predicted molar refractivity (Wildman–Crippen MR) is 110 cm³/mol. The molecule has 4 rings (SSSR count). The molecular weight excluding hydrogens is 384 g/mol. The van der Waals surface area contributed by atoms with Crippen LogP contribution < -0.4 is 10.3 Å². The fourth-order valence-corrected chi connectivity index (χ4v) is 4.02. The summed E-state index contributed by atoms with van der Waals surface area (Å²) in [6, 6.07) is 20.5. The maximum Gasteiger partial charge on any atom is 0.263 e. The van der Waals surface area contributed by atoms with Crippen molar-refractivity contribution < 1.29 is 4.74 Å². The zero-order valence-corrected chi connectivity index (χ0v) is 16.0. The fourth-order valence-electron chi connectivity index (χ4n) is 3.07. The van der Waals surface area contributed by atoms with Crippen LogP contribution in [0.3, 0.4) is 0 Å². The quantitative estimate of drug-likeness (QED) is 0.505. The molecule has 0 aliphatic carbocycles. The van der Waals surface area contributed by atoms with Crippen molar-refractivity contribution in [3.63, 3.8) is 0 Å². The summed E-state index contributed by atoms with van der Waals surface area (Å²) in [7, 11) is 0. The van der Waals surface area contributed by atoms with Crippen molar-refractivity contribution in [2.75, 3.05) is 0 Å². The van der Waals surface area contributed by atoms with Crippen LogP contribution in [-0.4, -0.2) is 9.55 Å². The molecule has 0 saturated heterocycles. The lowest BCUT2D eigenvalue weighted by Crippen LogP contribution is -2.26. The molecule has 0 fully saturated rings. The smallest absolute Gasteiger partial charge is 0.263 e. The molecule has 29 heavy (non-hydrogen) atoms. The van der Waals surface area contributed by atoms with E-state index in [2.05, 4.69) is 11.1 Å². The van der Waals surface area contributed by atoms with E-state index in [1.165, 1.54) is 15.9 Å². The van der Waals surface area contributed by atoms with Crippen LogP contribution in [0.25, 0.3) is 21.3 Å². The summed E-state index contributed by atoms with van der Waals surface area (Å²) in [6.07, 6.45) is 0. The highest BCUT2D eigenvalue weighted by molar-refractivity contribution is 7.17. The molecule has 0 saturated carbocycles. The lowest BCUT2D eigenvalue weighted by atomic mass is 10.1. The van der Waals surface area contributed by atoms with Crippen molar-refractivity contribution in [3.05, 3.63) is 81.7 Å². The Morgan fingerprint density at radius 1 is 1.07 bits per heavy atom. The first-order valence-electron chi connectivity index (χ1n) is 8.78. The van der Waals surface area contributed by atoms with Gasteiger partial charge in [-0.2, -0.15) is 10.5 Å². The van der Waals surface area contributed by atoms with Gasteiger partial charge >= 0.3 is 0 Å². The Kier molecular flexibility index (Phi) is 5.07. The lowest BCUT2D eigenvalue weighted by Gasteiger charge is -2.12. The van der Waals surface area contributed by atoms with Gasteiger partial charge in [0.15, 0.2) is 5.82 Å². The van der Waals surface area contributed by atoms with Crippen LogP contribution in [0.15, 0.2) is 64.8 Å². The second-order valence-corrected chi connectivity index (χ2v) is 7.03. The van der Waals surface area contributed by atoms with E-state index in [1.807, 2.05) is 41.8 Å². The minimum Gasteiger partial charge on any atom is -0.484 e. The van der Waals surface area contributed by atoms with Gasteiger partial charge in [-0.1, -0.05) is 42.5 Å². The number of hydrogen-bond acceptors (Lipinski definition) is 6. The second-order valence-electron chi connectivity index (χ2n) is 6.17. The largest absolute Gasteiger partial charge is 0.484 e. The van der Waals surface area contributed by atoms with Crippen LogP contribution in [0.2, 0.25) is 0 Å². The van der Waals surface area contributed by atoms with E-state index in [4.69, 9.17) is 4.74 Å². The summed E-state index contributed by atoms with van der Waals surface area (Å²) in [6.45, 7) is -0.158. The molecule has 0 radical (unpaired) electrons. The Balaban J connectivity index is 1.79. The third-order valence-corrected chi connectivity index (χ3v) is 5.32. The third kappa shape index (κ3) is 3.47. The third-order valence-electron chi connectivity index (χ3n) is 4.45. The van der Waals surface area contributed by atoms with Gasteiger partial charge in [0, 0.05) is 10.9 Å². The first-order valence-corrected chi connectivity index (χ1v) is 9.66. The number of aromatic nitrogens is 2. The number of nitriles is 2. The van der Waals surface area contributed by atoms with Crippen LogP contribution in [-0.2, 0) is 13.2 Å². The number of ether oxygens (including phenoxy) is 1. The molecule has 2 heterocycles. The number of thiophene rings is 1. The Bertz CT molecular complexity index is 1330. The molecular formula is C22H14N4O2S. The molecule has 2 aromatic carbocycles. The van der Waals surface area contributed by atoms with Crippen molar-refractivity contribution in [3.8, 4) is 29.0 Å². The van der Waals surface area contributed by atoms with Gasteiger partial charge in [0.1, 0.15) is 29.8 Å². The molecule has 0 unspecified atom stereocenters. The van der Waals surface area contributed by atoms with Crippen LogP contribution in [0.4, 0.5) is 0 Å². The van der Waals surface area contributed by atoms with E-state index in [0.29, 0.717) is 27.4 Å². The van der Waals surface area contributed by atoms with E-state index >= 15 is 0 Å². The molecule has 2 aromatic heterocycles. The van der Waals surface area contributed by atoms with Crippen molar-refractivity contribution >= 4 is 21.6 Å². The molecule has 4 aromatic rings. The minimum atomic E-state index is -0.274. The van der Waals surface area contributed by atoms with E-state index in [9.17, 15) is 15.3 Å². The van der Waals surface area contributed by atoms with E-state index in [1.54, 1.807) is 24.3 Å². The summed E-state index contributed by atoms with van der Waals surface area (Å²) in [4.78, 5) is 18.4. The Labute approximate surface area is 170 Å². The number of benzene rings is 2. The highest BCUT2D eigenvalue weighted by atomic mass is 32.1. The standard InChI is InChI=1S/C22H14N4O2S/c23-10-11-26-19(13-28-18-9-5-4-8-16(18)12-24)25-21-20(22(26)27)17(14-29-21)15-6-2-1-3-7-15/h1-9,14H,11,13H2. The minimum absolute atomic E-state index is 0.0237. The van der Waals surface area contributed by atoms with Crippen LogP contribution in [0.5, 0.6) is 5.75 Å². The van der Waals surface area contributed by atoms with E-state index in [-0.39, 0.29) is 18.7 Å². The fraction of sp³-hybridized carbons (Fsp3) is 0.0909. The monoisotopic (exact) mass is 398 g/mol. The molecule has 0 amide bonds. The maximum atomic E-state index is 13.2. The first-order chi connectivity index (χ1) is 14.2. The highest BCUT2D eigenvalue weighted by Gasteiger charge is 2.17. The molecule has 0 atom stereocenters. The van der Waals surface area contributed by atoms with E-state index in [0.717, 1.165) is 11.1 Å². The van der Waals surface area contributed by atoms with Crippen molar-refractivity contribution in [2.45, 2.75) is 13.2 Å².